The molecule has 1 aromatic heterocycles. The van der Waals surface area contributed by atoms with E-state index in [0.717, 1.165) is 48.6 Å². The Hall–Kier alpha value is -0.810. The highest BCUT2D eigenvalue weighted by atomic mass is 32.2. The predicted octanol–water partition coefficient (Wildman–Crippen LogP) is 1.93. The third kappa shape index (κ3) is 1.91. The fourth-order valence-corrected chi connectivity index (χ4v) is 3.47. The van der Waals surface area contributed by atoms with E-state index in [1.54, 1.807) is 11.8 Å². The Kier molecular flexibility index (Phi) is 2.75. The lowest BCUT2D eigenvalue weighted by atomic mass is 9.95. The summed E-state index contributed by atoms with van der Waals surface area (Å²) >= 11 is 1.75. The summed E-state index contributed by atoms with van der Waals surface area (Å²) in [6.07, 6.45) is 3.16. The lowest BCUT2D eigenvalue weighted by Gasteiger charge is -2.32. The van der Waals surface area contributed by atoms with E-state index in [9.17, 15) is 4.79 Å². The van der Waals surface area contributed by atoms with Crippen LogP contribution in [-0.4, -0.2) is 16.6 Å². The molecule has 3 heterocycles. The highest BCUT2D eigenvalue weighted by Gasteiger charge is 2.34. The molecule has 0 aliphatic carbocycles. The fraction of sp³-hybridized carbons (Fsp3) is 0.667. The minimum absolute atomic E-state index is 0.0189. The fourth-order valence-electron chi connectivity index (χ4n) is 2.43. The third-order valence-electron chi connectivity index (χ3n) is 3.56. The number of nitrogens with one attached hydrogen (secondary N) is 1. The summed E-state index contributed by atoms with van der Waals surface area (Å²) in [7, 11) is 0. The van der Waals surface area contributed by atoms with Gasteiger partial charge in [0.15, 0.2) is 0 Å². The van der Waals surface area contributed by atoms with Crippen LogP contribution in [0.2, 0.25) is 0 Å². The number of hydrogen-bond acceptors (Lipinski definition) is 4. The van der Waals surface area contributed by atoms with Gasteiger partial charge in [-0.25, -0.2) is 4.98 Å². The first-order chi connectivity index (χ1) is 8.19. The highest BCUT2D eigenvalue weighted by Crippen LogP contribution is 2.33. The van der Waals surface area contributed by atoms with Crippen LogP contribution in [0.15, 0.2) is 4.79 Å². The molecule has 1 fully saturated rings. The number of thioether (sulfide) groups is 1. The smallest absolute Gasteiger partial charge is 0.255 e. The first kappa shape index (κ1) is 11.3. The molecule has 1 saturated heterocycles. The zero-order valence-electron chi connectivity index (χ0n) is 9.91. The first-order valence-electron chi connectivity index (χ1n) is 6.03. The van der Waals surface area contributed by atoms with Gasteiger partial charge in [0.05, 0.1) is 5.69 Å². The van der Waals surface area contributed by atoms with E-state index in [4.69, 9.17) is 4.74 Å². The van der Waals surface area contributed by atoms with Gasteiger partial charge in [-0.2, -0.15) is 11.8 Å². The normalized spacial score (nSPS) is 28.1. The van der Waals surface area contributed by atoms with Crippen molar-refractivity contribution in [1.82, 2.24) is 9.97 Å². The van der Waals surface area contributed by atoms with Gasteiger partial charge in [-0.15, -0.1) is 0 Å². The maximum atomic E-state index is 12.0. The van der Waals surface area contributed by atoms with Gasteiger partial charge in [-0.1, -0.05) is 0 Å². The van der Waals surface area contributed by atoms with E-state index in [0.29, 0.717) is 5.82 Å². The van der Waals surface area contributed by atoms with Crippen molar-refractivity contribution in [2.45, 2.75) is 43.3 Å². The van der Waals surface area contributed by atoms with Crippen molar-refractivity contribution in [3.8, 4) is 0 Å². The summed E-state index contributed by atoms with van der Waals surface area (Å²) in [4.78, 5) is 19.5. The molecule has 17 heavy (non-hydrogen) atoms. The van der Waals surface area contributed by atoms with E-state index >= 15 is 0 Å². The summed E-state index contributed by atoms with van der Waals surface area (Å²) < 4.78 is 5.83. The van der Waals surface area contributed by atoms with Crippen LogP contribution in [0.1, 0.15) is 43.3 Å². The standard InChI is InChI=1S/C12H16N2O2S/c1-12(4-2-3-5-16-12)11-13-9-7-17-6-8(9)10(15)14-11/h2-7H2,1H3,(H,13,14,15). The van der Waals surface area contributed by atoms with Crippen molar-refractivity contribution in [2.24, 2.45) is 0 Å². The molecular formula is C12H16N2O2S. The van der Waals surface area contributed by atoms with Crippen LogP contribution < -0.4 is 5.56 Å². The molecule has 1 unspecified atom stereocenters. The van der Waals surface area contributed by atoms with Gasteiger partial charge in [-0.05, 0) is 26.2 Å². The molecule has 4 nitrogen and oxygen atoms in total. The Labute approximate surface area is 104 Å². The molecular weight excluding hydrogens is 236 g/mol. The van der Waals surface area contributed by atoms with Crippen LogP contribution in [-0.2, 0) is 21.8 Å². The summed E-state index contributed by atoms with van der Waals surface area (Å²) in [5.74, 6) is 2.35. The summed E-state index contributed by atoms with van der Waals surface area (Å²) in [5, 5.41) is 0. The average Bonchev–Trinajstić information content (AvgIpc) is 2.78. The van der Waals surface area contributed by atoms with E-state index < -0.39 is 5.60 Å². The zero-order chi connectivity index (χ0) is 11.9. The second kappa shape index (κ2) is 4.14. The molecule has 1 atom stereocenters. The molecule has 1 N–H and O–H groups in total. The molecule has 0 bridgehead atoms. The maximum Gasteiger partial charge on any atom is 0.255 e. The SMILES string of the molecule is CC1(c2nc3c(c(=O)[nH]2)CSC3)CCCCO1. The van der Waals surface area contributed by atoms with E-state index in [1.165, 1.54) is 0 Å². The van der Waals surface area contributed by atoms with Gasteiger partial charge >= 0.3 is 0 Å². The van der Waals surface area contributed by atoms with Gasteiger partial charge in [0.2, 0.25) is 0 Å². The van der Waals surface area contributed by atoms with Crippen molar-refractivity contribution in [3.63, 3.8) is 0 Å². The lowest BCUT2D eigenvalue weighted by molar-refractivity contribution is -0.0763. The number of nitrogens with zero attached hydrogens (tertiary/aromatic N) is 1. The van der Waals surface area contributed by atoms with Crippen LogP contribution >= 0.6 is 11.8 Å². The van der Waals surface area contributed by atoms with Crippen molar-refractivity contribution >= 4 is 11.8 Å². The number of hydrogen-bond donors (Lipinski definition) is 1. The number of rotatable bonds is 1. The molecule has 0 amide bonds. The second-order valence-electron chi connectivity index (χ2n) is 4.87. The quantitative estimate of drug-likeness (QED) is 0.829. The maximum absolute atomic E-state index is 12.0. The molecule has 0 saturated carbocycles. The van der Waals surface area contributed by atoms with Crippen molar-refractivity contribution < 1.29 is 4.74 Å². The Morgan fingerprint density at radius 3 is 3.06 bits per heavy atom. The Balaban J connectivity index is 2.03. The van der Waals surface area contributed by atoms with Crippen molar-refractivity contribution in [2.75, 3.05) is 6.61 Å². The number of ether oxygens (including phenoxy) is 1. The Bertz CT molecular complexity index is 492. The van der Waals surface area contributed by atoms with Crippen LogP contribution in [0.3, 0.4) is 0 Å². The van der Waals surface area contributed by atoms with Gasteiger partial charge in [0.25, 0.3) is 5.56 Å². The first-order valence-corrected chi connectivity index (χ1v) is 7.19. The Morgan fingerprint density at radius 2 is 2.29 bits per heavy atom. The van der Waals surface area contributed by atoms with Crippen LogP contribution in [0.5, 0.6) is 0 Å². The average molecular weight is 252 g/mol. The number of aromatic amines is 1. The highest BCUT2D eigenvalue weighted by molar-refractivity contribution is 7.98. The van der Waals surface area contributed by atoms with Crippen molar-refractivity contribution in [1.29, 1.82) is 0 Å². The number of H-pyrrole nitrogens is 1. The molecule has 92 valence electrons. The molecule has 5 heteroatoms. The number of aromatic nitrogens is 2. The van der Waals surface area contributed by atoms with Gasteiger partial charge in [-0.3, -0.25) is 4.79 Å². The lowest BCUT2D eigenvalue weighted by Crippen LogP contribution is -2.35. The number of fused-ring (bicyclic) bond motifs is 1. The molecule has 2 aliphatic rings. The van der Waals surface area contributed by atoms with E-state index in [2.05, 4.69) is 9.97 Å². The molecule has 0 spiro atoms. The van der Waals surface area contributed by atoms with Crippen molar-refractivity contribution in [3.05, 3.63) is 27.4 Å². The van der Waals surface area contributed by atoms with E-state index in [1.807, 2.05) is 6.92 Å². The summed E-state index contributed by atoms with van der Waals surface area (Å²) in [6.45, 7) is 2.78. The predicted molar refractivity (Wildman–Crippen MR) is 67.0 cm³/mol. The monoisotopic (exact) mass is 252 g/mol. The molecule has 3 rings (SSSR count). The van der Waals surface area contributed by atoms with Crippen LogP contribution in [0.4, 0.5) is 0 Å². The van der Waals surface area contributed by atoms with Crippen LogP contribution in [0, 0.1) is 0 Å². The second-order valence-corrected chi connectivity index (χ2v) is 5.85. The molecule has 0 aromatic carbocycles. The summed E-state index contributed by atoms with van der Waals surface area (Å²) in [5.41, 5.74) is 1.41. The topological polar surface area (TPSA) is 55.0 Å². The van der Waals surface area contributed by atoms with Crippen LogP contribution in [0.25, 0.3) is 0 Å². The largest absolute Gasteiger partial charge is 0.367 e. The minimum Gasteiger partial charge on any atom is -0.367 e. The molecule has 1 aromatic rings. The zero-order valence-corrected chi connectivity index (χ0v) is 10.7. The third-order valence-corrected chi connectivity index (χ3v) is 4.53. The Morgan fingerprint density at radius 1 is 1.41 bits per heavy atom. The summed E-state index contributed by atoms with van der Waals surface area (Å²) in [6, 6.07) is 0. The minimum atomic E-state index is -0.403. The van der Waals surface area contributed by atoms with Gasteiger partial charge < -0.3 is 9.72 Å². The van der Waals surface area contributed by atoms with Gasteiger partial charge in [0.1, 0.15) is 11.4 Å². The van der Waals surface area contributed by atoms with Gasteiger partial charge in [0, 0.05) is 23.7 Å². The molecule has 0 radical (unpaired) electrons. The molecule has 2 aliphatic heterocycles. The van der Waals surface area contributed by atoms with E-state index in [-0.39, 0.29) is 5.56 Å².